The first-order chi connectivity index (χ1) is 10.0. The third kappa shape index (κ3) is 1.99. The molecule has 2 N–H and O–H groups in total. The molecule has 1 aromatic rings. The number of aliphatic hydroxyl groups is 1. The Morgan fingerprint density at radius 1 is 1.43 bits per heavy atom. The standard InChI is InChI=1S/C15H17N3O3/c1-3-9-5-4-6-10-13(9)17(2)15(21)18(10)11-7-8-12(19)16-14(11)20/h3-6,11,15,21H,1,7-8H2,2H3,(H,16,19,20). The average Bonchev–Trinajstić information content (AvgIpc) is 2.72. The molecule has 3 rings (SSSR count). The first kappa shape index (κ1) is 13.6. The number of imide groups is 1. The van der Waals surface area contributed by atoms with Crippen molar-refractivity contribution in [2.24, 2.45) is 0 Å². The molecule has 21 heavy (non-hydrogen) atoms. The SMILES string of the molecule is C=Cc1cccc2c1N(C)C(O)N2C1CCC(=O)NC1=O. The number of amides is 2. The van der Waals surface area contributed by atoms with Gasteiger partial charge in [0.25, 0.3) is 0 Å². The van der Waals surface area contributed by atoms with Crippen LogP contribution in [0.25, 0.3) is 6.08 Å². The van der Waals surface area contributed by atoms with Crippen LogP contribution in [-0.4, -0.2) is 36.4 Å². The fraction of sp³-hybridized carbons (Fsp3) is 0.333. The van der Waals surface area contributed by atoms with E-state index in [1.807, 2.05) is 18.2 Å². The van der Waals surface area contributed by atoms with Crippen LogP contribution in [0.1, 0.15) is 18.4 Å². The van der Waals surface area contributed by atoms with Crippen LogP contribution in [0.2, 0.25) is 0 Å². The minimum Gasteiger partial charge on any atom is -0.356 e. The van der Waals surface area contributed by atoms with E-state index >= 15 is 0 Å². The maximum Gasteiger partial charge on any atom is 0.249 e. The first-order valence-corrected chi connectivity index (χ1v) is 6.83. The van der Waals surface area contributed by atoms with E-state index in [9.17, 15) is 14.7 Å². The lowest BCUT2D eigenvalue weighted by Crippen LogP contribution is -2.56. The third-order valence-electron chi connectivity index (χ3n) is 4.04. The van der Waals surface area contributed by atoms with Crippen LogP contribution in [0.3, 0.4) is 0 Å². The number of nitrogens with one attached hydrogen (secondary N) is 1. The zero-order valence-electron chi connectivity index (χ0n) is 11.7. The third-order valence-corrected chi connectivity index (χ3v) is 4.04. The zero-order chi connectivity index (χ0) is 15.1. The van der Waals surface area contributed by atoms with Gasteiger partial charge in [0.15, 0.2) is 0 Å². The number of aliphatic hydroxyl groups excluding tert-OH is 1. The maximum absolute atomic E-state index is 12.1. The number of nitrogens with zero attached hydrogens (tertiary/aromatic N) is 2. The van der Waals surface area contributed by atoms with Crippen molar-refractivity contribution < 1.29 is 14.7 Å². The van der Waals surface area contributed by atoms with Gasteiger partial charge in [-0.3, -0.25) is 14.9 Å². The van der Waals surface area contributed by atoms with Gasteiger partial charge in [0.05, 0.1) is 11.4 Å². The zero-order valence-corrected chi connectivity index (χ0v) is 11.7. The number of anilines is 2. The highest BCUT2D eigenvalue weighted by Gasteiger charge is 2.42. The number of rotatable bonds is 2. The van der Waals surface area contributed by atoms with Crippen molar-refractivity contribution >= 4 is 29.3 Å². The van der Waals surface area contributed by atoms with Crippen LogP contribution < -0.4 is 15.1 Å². The van der Waals surface area contributed by atoms with Crippen molar-refractivity contribution in [2.75, 3.05) is 16.8 Å². The topological polar surface area (TPSA) is 72.9 Å². The highest BCUT2D eigenvalue weighted by Crippen LogP contribution is 2.42. The largest absolute Gasteiger partial charge is 0.356 e. The molecule has 0 bridgehead atoms. The summed E-state index contributed by atoms with van der Waals surface area (Å²) in [4.78, 5) is 26.7. The summed E-state index contributed by atoms with van der Waals surface area (Å²) in [7, 11) is 1.77. The van der Waals surface area contributed by atoms with Crippen LogP contribution in [0.15, 0.2) is 24.8 Å². The number of carbonyl (C=O) groups excluding carboxylic acids is 2. The number of hydrogen-bond acceptors (Lipinski definition) is 5. The molecule has 2 atom stereocenters. The van der Waals surface area contributed by atoms with Crippen molar-refractivity contribution in [3.8, 4) is 0 Å². The van der Waals surface area contributed by atoms with Gasteiger partial charge in [-0.05, 0) is 18.1 Å². The number of fused-ring (bicyclic) bond motifs is 1. The lowest BCUT2D eigenvalue weighted by molar-refractivity contribution is -0.134. The number of piperidine rings is 1. The Hall–Kier alpha value is -2.34. The molecule has 2 aliphatic rings. The first-order valence-electron chi connectivity index (χ1n) is 6.83. The monoisotopic (exact) mass is 287 g/mol. The van der Waals surface area contributed by atoms with Crippen molar-refractivity contribution in [1.29, 1.82) is 0 Å². The van der Waals surface area contributed by atoms with Gasteiger partial charge in [-0.1, -0.05) is 24.8 Å². The van der Waals surface area contributed by atoms with Crippen molar-refractivity contribution in [3.05, 3.63) is 30.3 Å². The van der Waals surface area contributed by atoms with Gasteiger partial charge < -0.3 is 14.9 Å². The quantitative estimate of drug-likeness (QED) is 0.782. The maximum atomic E-state index is 12.1. The number of hydrogen-bond donors (Lipinski definition) is 2. The van der Waals surface area contributed by atoms with Crippen LogP contribution >= 0.6 is 0 Å². The Labute approximate surface area is 122 Å². The van der Waals surface area contributed by atoms with Crippen molar-refractivity contribution in [3.63, 3.8) is 0 Å². The fourth-order valence-electron chi connectivity index (χ4n) is 3.01. The predicted molar refractivity (Wildman–Crippen MR) is 79.6 cm³/mol. The summed E-state index contributed by atoms with van der Waals surface area (Å²) < 4.78 is 0. The second-order valence-corrected chi connectivity index (χ2v) is 5.25. The molecule has 110 valence electrons. The fourth-order valence-corrected chi connectivity index (χ4v) is 3.01. The molecule has 1 fully saturated rings. The van der Waals surface area contributed by atoms with Gasteiger partial charge in [-0.25, -0.2) is 0 Å². The Morgan fingerprint density at radius 2 is 2.19 bits per heavy atom. The molecule has 1 aromatic carbocycles. The smallest absolute Gasteiger partial charge is 0.249 e. The second-order valence-electron chi connectivity index (χ2n) is 5.25. The van der Waals surface area contributed by atoms with E-state index < -0.39 is 12.4 Å². The van der Waals surface area contributed by atoms with Crippen LogP contribution in [0, 0.1) is 0 Å². The van der Waals surface area contributed by atoms with Crippen LogP contribution in [-0.2, 0) is 9.59 Å². The van der Waals surface area contributed by atoms with Crippen molar-refractivity contribution in [2.45, 2.75) is 25.2 Å². The van der Waals surface area contributed by atoms with Crippen LogP contribution in [0.4, 0.5) is 11.4 Å². The molecule has 0 saturated carbocycles. The second kappa shape index (κ2) is 4.89. The van der Waals surface area contributed by atoms with Gasteiger partial charge in [-0.2, -0.15) is 0 Å². The molecule has 0 spiro atoms. The summed E-state index contributed by atoms with van der Waals surface area (Å²) in [6.45, 7) is 3.78. The summed E-state index contributed by atoms with van der Waals surface area (Å²) in [5, 5.41) is 12.8. The summed E-state index contributed by atoms with van der Waals surface area (Å²) in [6, 6.07) is 5.07. The molecule has 0 aromatic heterocycles. The lowest BCUT2D eigenvalue weighted by Gasteiger charge is -2.34. The molecule has 2 unspecified atom stereocenters. The molecular weight excluding hydrogens is 270 g/mol. The minimum absolute atomic E-state index is 0.265. The van der Waals surface area contributed by atoms with E-state index in [1.165, 1.54) is 0 Å². The van der Waals surface area contributed by atoms with E-state index in [0.29, 0.717) is 6.42 Å². The lowest BCUT2D eigenvalue weighted by atomic mass is 10.0. The Morgan fingerprint density at radius 3 is 2.86 bits per heavy atom. The molecule has 6 nitrogen and oxygen atoms in total. The van der Waals surface area contributed by atoms with Gasteiger partial charge in [0.1, 0.15) is 6.04 Å². The predicted octanol–water partition coefficient (Wildman–Crippen LogP) is 0.667. The highest BCUT2D eigenvalue weighted by atomic mass is 16.3. The van der Waals surface area contributed by atoms with E-state index in [-0.39, 0.29) is 18.2 Å². The van der Waals surface area contributed by atoms with Gasteiger partial charge in [0.2, 0.25) is 18.2 Å². The van der Waals surface area contributed by atoms with E-state index in [4.69, 9.17) is 0 Å². The average molecular weight is 287 g/mol. The molecule has 0 aliphatic carbocycles. The van der Waals surface area contributed by atoms with E-state index in [1.54, 1.807) is 22.9 Å². The summed E-state index contributed by atoms with van der Waals surface area (Å²) >= 11 is 0. The number of benzene rings is 1. The number of carbonyl (C=O) groups is 2. The number of para-hydroxylation sites is 1. The van der Waals surface area contributed by atoms with E-state index in [2.05, 4.69) is 11.9 Å². The molecule has 1 saturated heterocycles. The summed E-state index contributed by atoms with van der Waals surface area (Å²) in [5.41, 5.74) is 2.51. The normalized spacial score (nSPS) is 24.9. The van der Waals surface area contributed by atoms with Gasteiger partial charge in [-0.15, -0.1) is 0 Å². The van der Waals surface area contributed by atoms with Crippen LogP contribution in [0.5, 0.6) is 0 Å². The summed E-state index contributed by atoms with van der Waals surface area (Å²) in [5.74, 6) is -0.631. The van der Waals surface area contributed by atoms with Gasteiger partial charge >= 0.3 is 0 Å². The molecule has 2 aliphatic heterocycles. The Bertz CT molecular complexity index is 629. The molecule has 2 amide bonds. The highest BCUT2D eigenvalue weighted by molar-refractivity contribution is 6.02. The molecule has 6 heteroatoms. The molecule has 0 radical (unpaired) electrons. The molecule has 2 heterocycles. The Balaban J connectivity index is 2.04. The minimum atomic E-state index is -0.940. The van der Waals surface area contributed by atoms with E-state index in [0.717, 1.165) is 16.9 Å². The molecular formula is C15H17N3O3. The summed E-state index contributed by atoms with van der Waals surface area (Å²) in [6.07, 6.45) is 1.45. The van der Waals surface area contributed by atoms with Crippen molar-refractivity contribution in [1.82, 2.24) is 5.32 Å². The van der Waals surface area contributed by atoms with Gasteiger partial charge in [0, 0.05) is 13.5 Å². The Kier molecular flexibility index (Phi) is 3.17.